The van der Waals surface area contributed by atoms with Gasteiger partial charge >= 0.3 is 5.97 Å². The van der Waals surface area contributed by atoms with Crippen molar-refractivity contribution >= 4 is 29.1 Å². The van der Waals surface area contributed by atoms with Crippen LogP contribution in [0.5, 0.6) is 0 Å². The van der Waals surface area contributed by atoms with Crippen LogP contribution in [-0.4, -0.2) is 31.4 Å². The third kappa shape index (κ3) is 3.95. The molecule has 0 unspecified atom stereocenters. The lowest BCUT2D eigenvalue weighted by molar-refractivity contribution is 0.0526. The summed E-state index contributed by atoms with van der Waals surface area (Å²) < 4.78 is 5.04. The molecule has 27 heavy (non-hydrogen) atoms. The van der Waals surface area contributed by atoms with Gasteiger partial charge in [0.2, 0.25) is 0 Å². The van der Waals surface area contributed by atoms with Crippen LogP contribution in [0.2, 0.25) is 0 Å². The van der Waals surface area contributed by atoms with Crippen LogP contribution in [0, 0.1) is 0 Å². The molecule has 0 bridgehead atoms. The Balaban J connectivity index is 1.87. The first-order valence-electron chi connectivity index (χ1n) is 9.21. The normalized spacial score (nSPS) is 15.4. The Labute approximate surface area is 161 Å². The second-order valence-electron chi connectivity index (χ2n) is 7.35. The number of fused-ring (bicyclic) bond motifs is 1. The minimum absolute atomic E-state index is 0.000225. The number of hydrogen-bond donors (Lipinski definition) is 0. The van der Waals surface area contributed by atoms with E-state index in [1.54, 1.807) is 19.1 Å². The molecule has 1 aliphatic heterocycles. The lowest BCUT2D eigenvalue weighted by atomic mass is 9.89. The molecule has 4 nitrogen and oxygen atoms in total. The predicted octanol–water partition coefficient (Wildman–Crippen LogP) is 5.25. The minimum atomic E-state index is -0.324. The average molecular weight is 362 g/mol. The molecule has 0 spiro atoms. The van der Waals surface area contributed by atoms with Crippen molar-refractivity contribution < 1.29 is 9.53 Å². The summed E-state index contributed by atoms with van der Waals surface area (Å²) in [4.78, 5) is 18.7. The van der Waals surface area contributed by atoms with Gasteiger partial charge in [-0.2, -0.15) is 0 Å². The van der Waals surface area contributed by atoms with Crippen LogP contribution < -0.4 is 4.90 Å². The molecule has 0 saturated heterocycles. The van der Waals surface area contributed by atoms with Gasteiger partial charge in [0, 0.05) is 24.5 Å². The summed E-state index contributed by atoms with van der Waals surface area (Å²) in [6, 6.07) is 13.5. The molecule has 1 heterocycles. The zero-order valence-corrected chi connectivity index (χ0v) is 16.6. The zero-order valence-electron chi connectivity index (χ0n) is 16.6. The first-order chi connectivity index (χ1) is 12.8. The van der Waals surface area contributed by atoms with Crippen molar-refractivity contribution in [3.05, 3.63) is 65.2 Å². The number of likely N-dealkylation sites (N-methyl/N-ethyl adjacent to an activating group) is 1. The number of anilines is 1. The van der Waals surface area contributed by atoms with E-state index >= 15 is 0 Å². The summed E-state index contributed by atoms with van der Waals surface area (Å²) >= 11 is 0. The van der Waals surface area contributed by atoms with E-state index in [4.69, 9.17) is 4.74 Å². The fourth-order valence-corrected chi connectivity index (χ4v) is 3.33. The highest BCUT2D eigenvalue weighted by molar-refractivity contribution is 5.91. The standard InChI is InChI=1S/C23H26N2O2/c1-6-27-22(26)18-8-7-9-19(13-18)24-15-17-10-11-21-20(12-17)16(2)14-23(3,4)25(21)5/h7-15H,6H2,1-5H3. The Hall–Kier alpha value is -2.88. The van der Waals surface area contributed by atoms with Crippen LogP contribution in [-0.2, 0) is 4.74 Å². The molecule has 0 aromatic heterocycles. The Kier molecular flexibility index (Phi) is 5.17. The van der Waals surface area contributed by atoms with Crippen LogP contribution >= 0.6 is 0 Å². The van der Waals surface area contributed by atoms with Gasteiger partial charge in [0.25, 0.3) is 0 Å². The molecular formula is C23H26N2O2. The predicted molar refractivity (Wildman–Crippen MR) is 112 cm³/mol. The van der Waals surface area contributed by atoms with Crippen molar-refractivity contribution in [1.29, 1.82) is 0 Å². The van der Waals surface area contributed by atoms with Crippen molar-refractivity contribution in [2.45, 2.75) is 33.2 Å². The molecule has 0 radical (unpaired) electrons. The van der Waals surface area contributed by atoms with Crippen LogP contribution in [0.1, 0.15) is 49.2 Å². The van der Waals surface area contributed by atoms with Crippen LogP contribution in [0.15, 0.2) is 53.5 Å². The Bertz CT molecular complexity index is 926. The number of benzene rings is 2. The third-order valence-electron chi connectivity index (χ3n) is 4.96. The number of aliphatic imine (C=N–C) groups is 1. The molecular weight excluding hydrogens is 336 g/mol. The van der Waals surface area contributed by atoms with Crippen molar-refractivity contribution in [1.82, 2.24) is 0 Å². The fraction of sp³-hybridized carbons (Fsp3) is 0.304. The summed E-state index contributed by atoms with van der Waals surface area (Å²) in [5.41, 5.74) is 5.98. The molecule has 0 amide bonds. The number of carbonyl (C=O) groups excluding carboxylic acids is 1. The SMILES string of the molecule is CCOC(=O)c1cccc(N=Cc2ccc3c(c2)C(C)=CC(C)(C)N3C)c1. The summed E-state index contributed by atoms with van der Waals surface area (Å²) in [5, 5.41) is 0. The van der Waals surface area contributed by atoms with Gasteiger partial charge in [0.05, 0.1) is 23.4 Å². The maximum atomic E-state index is 11.9. The maximum absolute atomic E-state index is 11.9. The lowest BCUT2D eigenvalue weighted by Gasteiger charge is -2.40. The first kappa shape index (κ1) is 18.9. The monoisotopic (exact) mass is 362 g/mol. The van der Waals surface area contributed by atoms with Gasteiger partial charge in [0.15, 0.2) is 0 Å². The number of allylic oxidation sites excluding steroid dienone is 1. The fourth-order valence-electron chi connectivity index (χ4n) is 3.33. The van der Waals surface area contributed by atoms with E-state index in [1.807, 2.05) is 18.3 Å². The highest BCUT2D eigenvalue weighted by atomic mass is 16.5. The molecule has 0 N–H and O–H groups in total. The number of carbonyl (C=O) groups is 1. The summed E-state index contributed by atoms with van der Waals surface area (Å²) in [5.74, 6) is -0.324. The topological polar surface area (TPSA) is 41.9 Å². The second-order valence-corrected chi connectivity index (χ2v) is 7.35. The van der Waals surface area contributed by atoms with E-state index in [0.717, 1.165) is 11.3 Å². The van der Waals surface area contributed by atoms with Crippen LogP contribution in [0.25, 0.3) is 5.57 Å². The van der Waals surface area contributed by atoms with Gasteiger partial charge in [0.1, 0.15) is 0 Å². The Morgan fingerprint density at radius 3 is 2.74 bits per heavy atom. The summed E-state index contributed by atoms with van der Waals surface area (Å²) in [6.07, 6.45) is 4.12. The number of ether oxygens (including phenoxy) is 1. The Morgan fingerprint density at radius 1 is 1.22 bits per heavy atom. The van der Waals surface area contributed by atoms with Crippen molar-refractivity contribution in [2.75, 3.05) is 18.6 Å². The summed E-state index contributed by atoms with van der Waals surface area (Å²) in [6.45, 7) is 8.73. The van der Waals surface area contributed by atoms with E-state index in [-0.39, 0.29) is 11.5 Å². The van der Waals surface area contributed by atoms with E-state index < -0.39 is 0 Å². The molecule has 3 rings (SSSR count). The highest BCUT2D eigenvalue weighted by Crippen LogP contribution is 2.37. The molecule has 1 aliphatic rings. The van der Waals surface area contributed by atoms with E-state index in [0.29, 0.717) is 12.2 Å². The number of nitrogens with zero attached hydrogens (tertiary/aromatic N) is 2. The van der Waals surface area contributed by atoms with Gasteiger partial charge < -0.3 is 9.64 Å². The van der Waals surface area contributed by atoms with Gasteiger partial charge in [-0.05, 0) is 69.2 Å². The zero-order chi connectivity index (χ0) is 19.6. The first-order valence-corrected chi connectivity index (χ1v) is 9.21. The quantitative estimate of drug-likeness (QED) is 0.551. The average Bonchev–Trinajstić information content (AvgIpc) is 2.64. The number of hydrogen-bond acceptors (Lipinski definition) is 4. The highest BCUT2D eigenvalue weighted by Gasteiger charge is 2.28. The van der Waals surface area contributed by atoms with Crippen molar-refractivity contribution in [3.63, 3.8) is 0 Å². The number of rotatable bonds is 4. The van der Waals surface area contributed by atoms with Crippen LogP contribution in [0.4, 0.5) is 11.4 Å². The van der Waals surface area contributed by atoms with Crippen LogP contribution in [0.3, 0.4) is 0 Å². The molecule has 4 heteroatoms. The largest absolute Gasteiger partial charge is 0.462 e. The molecule has 0 aliphatic carbocycles. The molecule has 0 atom stereocenters. The molecule has 140 valence electrons. The maximum Gasteiger partial charge on any atom is 0.338 e. The van der Waals surface area contributed by atoms with E-state index in [2.05, 4.69) is 62.0 Å². The van der Waals surface area contributed by atoms with Crippen molar-refractivity contribution in [3.8, 4) is 0 Å². The molecule has 0 fully saturated rings. The van der Waals surface area contributed by atoms with E-state index in [9.17, 15) is 4.79 Å². The van der Waals surface area contributed by atoms with Gasteiger partial charge in [-0.1, -0.05) is 18.2 Å². The summed E-state index contributed by atoms with van der Waals surface area (Å²) in [7, 11) is 2.12. The number of esters is 1. The Morgan fingerprint density at radius 2 is 2.00 bits per heavy atom. The van der Waals surface area contributed by atoms with Gasteiger partial charge in [-0.25, -0.2) is 4.79 Å². The smallest absolute Gasteiger partial charge is 0.338 e. The van der Waals surface area contributed by atoms with Crippen molar-refractivity contribution in [2.24, 2.45) is 4.99 Å². The van der Waals surface area contributed by atoms with E-state index in [1.165, 1.54) is 16.8 Å². The van der Waals surface area contributed by atoms with Gasteiger partial charge in [-0.15, -0.1) is 0 Å². The lowest BCUT2D eigenvalue weighted by Crippen LogP contribution is -2.42. The molecule has 2 aromatic carbocycles. The second kappa shape index (κ2) is 7.39. The third-order valence-corrected chi connectivity index (χ3v) is 4.96. The minimum Gasteiger partial charge on any atom is -0.462 e. The molecule has 2 aromatic rings. The molecule has 0 saturated carbocycles. The van der Waals surface area contributed by atoms with Gasteiger partial charge in [-0.3, -0.25) is 4.99 Å².